The van der Waals surface area contributed by atoms with Crippen LogP contribution in [0.5, 0.6) is 0 Å². The maximum Gasteiger partial charge on any atom is 0.323 e. The zero-order valence-electron chi connectivity index (χ0n) is 21.4. The molecule has 2 heterocycles. The van der Waals surface area contributed by atoms with Crippen LogP contribution in [0.1, 0.15) is 67.3 Å². The van der Waals surface area contributed by atoms with E-state index in [1.165, 1.54) is 0 Å². The second-order valence-corrected chi connectivity index (χ2v) is 5.66. The number of carbonyl (C=O) groups excluding carboxylic acids is 2. The van der Waals surface area contributed by atoms with Crippen LogP contribution in [0.15, 0.2) is 0 Å². The molecule has 0 atom stereocenters. The maximum absolute atomic E-state index is 11.2. The van der Waals surface area contributed by atoms with Gasteiger partial charge in [-0.3, -0.25) is 29.1 Å². The molecule has 0 unspecified atom stereocenters. The second-order valence-electron chi connectivity index (χ2n) is 5.66. The Bertz CT molecular complexity index is 1070. The van der Waals surface area contributed by atoms with Gasteiger partial charge >= 0.3 is 5.69 Å². The van der Waals surface area contributed by atoms with Gasteiger partial charge in [-0.25, -0.2) is 0 Å². The fourth-order valence-corrected chi connectivity index (χ4v) is 2.41. The van der Waals surface area contributed by atoms with Crippen LogP contribution in [0, 0.1) is 10.1 Å². The van der Waals surface area contributed by atoms with Gasteiger partial charge in [0.25, 0.3) is 11.8 Å². The minimum atomic E-state index is -2.79. The molecule has 0 saturated carbocycles. The molecule has 0 saturated heterocycles. The van der Waals surface area contributed by atoms with Gasteiger partial charge in [0.05, 0.1) is 16.3 Å². The number of nitrogen functional groups attached to an aromatic ring is 1. The fourth-order valence-electron chi connectivity index (χ4n) is 2.41. The number of nitro groups is 1. The Morgan fingerprint density at radius 2 is 1.50 bits per heavy atom. The Labute approximate surface area is 170 Å². The summed E-state index contributed by atoms with van der Waals surface area (Å²) in [6.07, 6.45) is 1.98. The van der Waals surface area contributed by atoms with Crippen molar-refractivity contribution in [3.63, 3.8) is 0 Å². The Morgan fingerprint density at radius 1 is 1.04 bits per heavy atom. The van der Waals surface area contributed by atoms with E-state index in [2.05, 4.69) is 10.2 Å². The number of aromatic nitrogens is 4. The first-order chi connectivity index (χ1) is 15.5. The van der Waals surface area contributed by atoms with Crippen molar-refractivity contribution in [3.8, 4) is 0 Å². The van der Waals surface area contributed by atoms with E-state index in [1.807, 2.05) is 6.92 Å². The number of nitrogens with zero attached hydrogens (tertiary/aromatic N) is 5. The van der Waals surface area contributed by atoms with Crippen molar-refractivity contribution in [1.29, 1.82) is 0 Å². The van der Waals surface area contributed by atoms with E-state index in [9.17, 15) is 19.7 Å². The van der Waals surface area contributed by atoms with Gasteiger partial charge < -0.3 is 17.2 Å². The van der Waals surface area contributed by atoms with Crippen LogP contribution in [0.2, 0.25) is 0 Å². The number of amides is 2. The average Bonchev–Trinajstić information content (AvgIpc) is 3.21. The van der Waals surface area contributed by atoms with Gasteiger partial charge in [0, 0.05) is 22.2 Å². The predicted molar refractivity (Wildman–Crippen MR) is 103 cm³/mol. The fraction of sp³-hybridized carbons (Fsp3) is 0.500. The summed E-state index contributed by atoms with van der Waals surface area (Å²) in [4.78, 5) is 32.4. The maximum atomic E-state index is 11.2. The zero-order valence-corrected chi connectivity index (χ0v) is 15.4. The molecule has 2 rings (SSSR count). The minimum absolute atomic E-state index is 0.0487. The summed E-state index contributed by atoms with van der Waals surface area (Å²) < 4.78 is 44.2. The van der Waals surface area contributed by atoms with Crippen LogP contribution in [0.4, 0.5) is 11.4 Å². The van der Waals surface area contributed by atoms with E-state index < -0.39 is 42.1 Å². The molecule has 2 aromatic rings. The summed E-state index contributed by atoms with van der Waals surface area (Å²) in [5, 5.41) is 18.4. The summed E-state index contributed by atoms with van der Waals surface area (Å²) in [5.74, 6) is -2.07. The van der Waals surface area contributed by atoms with E-state index in [0.29, 0.717) is 27.9 Å². The van der Waals surface area contributed by atoms with Crippen LogP contribution in [0.25, 0.3) is 0 Å². The molecule has 2 aromatic heterocycles. The zero-order chi connectivity index (χ0) is 26.6. The lowest BCUT2D eigenvalue weighted by Gasteiger charge is -1.96. The van der Waals surface area contributed by atoms with Crippen LogP contribution in [-0.2, 0) is 26.8 Å². The molecule has 0 fully saturated rings. The van der Waals surface area contributed by atoms with Crippen molar-refractivity contribution in [1.82, 2.24) is 19.6 Å². The molecule has 2 amide bonds. The van der Waals surface area contributed by atoms with Gasteiger partial charge in [0.15, 0.2) is 0 Å². The standard InChI is InChI=1S/C8H12N4O3.C8H14N4O/c1-3-4-5-6(12(14)15)7(8(9)13)11(2)10-5;1-3-4-5-6(9)7(8(10)13)12(2)11-5/h3-4H2,1-2H3,(H2,9,13);3-4,9H2,1-2H3,(H2,10,13)/i2*2D3. The topological polar surface area (TPSA) is 191 Å². The van der Waals surface area contributed by atoms with Crippen molar-refractivity contribution in [2.45, 2.75) is 39.5 Å². The molecule has 0 radical (unpaired) electrons. The summed E-state index contributed by atoms with van der Waals surface area (Å²) in [7, 11) is 0. The number of hydrogen-bond acceptors (Lipinski definition) is 7. The van der Waals surface area contributed by atoms with Crippen molar-refractivity contribution in [2.75, 3.05) is 5.73 Å². The van der Waals surface area contributed by atoms with Gasteiger partial charge in [-0.2, -0.15) is 10.2 Å². The quantitative estimate of drug-likeness (QED) is 0.443. The van der Waals surface area contributed by atoms with E-state index in [4.69, 9.17) is 25.4 Å². The molecule has 28 heavy (non-hydrogen) atoms. The van der Waals surface area contributed by atoms with Crippen LogP contribution in [0.3, 0.4) is 0 Å². The molecule has 0 aliphatic heterocycles. The van der Waals surface area contributed by atoms with Crippen LogP contribution in [-0.4, -0.2) is 36.3 Å². The first-order valence-electron chi connectivity index (χ1n) is 11.2. The van der Waals surface area contributed by atoms with Gasteiger partial charge in [-0.1, -0.05) is 26.7 Å². The van der Waals surface area contributed by atoms with Crippen LogP contribution < -0.4 is 17.2 Å². The smallest absolute Gasteiger partial charge is 0.323 e. The van der Waals surface area contributed by atoms with E-state index in [1.54, 1.807) is 6.92 Å². The minimum Gasteiger partial charge on any atom is -0.395 e. The highest BCUT2D eigenvalue weighted by Crippen LogP contribution is 2.23. The molecule has 12 heteroatoms. The molecule has 0 spiro atoms. The van der Waals surface area contributed by atoms with Crippen molar-refractivity contribution < 1.29 is 22.7 Å². The Morgan fingerprint density at radius 3 is 1.89 bits per heavy atom. The summed E-state index contributed by atoms with van der Waals surface area (Å²) in [5.41, 5.74) is 14.6. The predicted octanol–water partition coefficient (Wildman–Crippen LogP) is 0.433. The van der Waals surface area contributed by atoms with Crippen LogP contribution >= 0.6 is 0 Å². The molecule has 154 valence electrons. The lowest BCUT2D eigenvalue weighted by molar-refractivity contribution is -0.385. The van der Waals surface area contributed by atoms with Gasteiger partial charge in [-0.05, 0) is 12.8 Å². The molecule has 0 aliphatic rings. The molecule has 0 bridgehead atoms. The third-order valence-corrected chi connectivity index (χ3v) is 3.55. The van der Waals surface area contributed by atoms with Crippen molar-refractivity contribution in [2.24, 2.45) is 25.4 Å². The number of hydrogen-bond donors (Lipinski definition) is 3. The number of anilines is 1. The molecule has 6 N–H and O–H groups in total. The van der Waals surface area contributed by atoms with Crippen molar-refractivity contribution >= 4 is 23.2 Å². The highest BCUT2D eigenvalue weighted by molar-refractivity contribution is 5.96. The first kappa shape index (κ1) is 14.6. The summed E-state index contributed by atoms with van der Waals surface area (Å²) in [6, 6.07) is 0. The molecular formula is C16H26N8O4. The third-order valence-electron chi connectivity index (χ3n) is 3.55. The number of aryl methyl sites for hydroxylation is 4. The lowest BCUT2D eigenvalue weighted by atomic mass is 10.2. The largest absolute Gasteiger partial charge is 0.395 e. The number of nitrogens with two attached hydrogens (primary N) is 3. The first-order valence-corrected chi connectivity index (χ1v) is 8.23. The SMILES string of the molecule is [2H]C([2H])([2H])n1nc(CCC)c(N)c1C(N)=O.[2H]C([2H])([2H])n1nc(CCC)c([N+](=O)[O-])c1C(N)=O. The van der Waals surface area contributed by atoms with E-state index in [0.717, 1.165) is 6.42 Å². The highest BCUT2D eigenvalue weighted by Gasteiger charge is 2.29. The van der Waals surface area contributed by atoms with E-state index >= 15 is 0 Å². The normalized spacial score (nSPS) is 14.4. The van der Waals surface area contributed by atoms with Gasteiger partial charge in [0.1, 0.15) is 11.4 Å². The Balaban J connectivity index is 0.000000342. The van der Waals surface area contributed by atoms with Crippen molar-refractivity contribution in [3.05, 3.63) is 32.9 Å². The Kier molecular flexibility index (Phi) is 4.94. The Hall–Kier alpha value is -3.44. The summed E-state index contributed by atoms with van der Waals surface area (Å²) in [6.45, 7) is -1.69. The molecule has 0 aromatic carbocycles. The van der Waals surface area contributed by atoms with Gasteiger partial charge in [-0.15, -0.1) is 0 Å². The monoisotopic (exact) mass is 400 g/mol. The second kappa shape index (κ2) is 9.48. The van der Waals surface area contributed by atoms with Gasteiger partial charge in [0.2, 0.25) is 5.69 Å². The highest BCUT2D eigenvalue weighted by atomic mass is 16.6. The number of carbonyl (C=O) groups is 2. The molecule has 0 aliphatic carbocycles. The molecular weight excluding hydrogens is 368 g/mol. The number of primary amides is 2. The lowest BCUT2D eigenvalue weighted by Crippen LogP contribution is -2.17. The summed E-state index contributed by atoms with van der Waals surface area (Å²) >= 11 is 0. The van der Waals surface area contributed by atoms with E-state index in [-0.39, 0.29) is 23.5 Å². The molecule has 12 nitrogen and oxygen atoms in total. The number of rotatable bonds is 7. The average molecular weight is 400 g/mol. The third kappa shape index (κ3) is 4.84.